The molecule has 3 atom stereocenters. The third kappa shape index (κ3) is 3.40. The van der Waals surface area contributed by atoms with Gasteiger partial charge in [0.1, 0.15) is 23.3 Å². The third-order valence-corrected chi connectivity index (χ3v) is 7.29. The van der Waals surface area contributed by atoms with Crippen molar-refractivity contribution in [3.8, 4) is 17.2 Å². The number of methoxy groups -OCH3 is 3. The summed E-state index contributed by atoms with van der Waals surface area (Å²) in [5.41, 5.74) is 2.23. The highest BCUT2D eigenvalue weighted by atomic mass is 16.5. The maximum absolute atomic E-state index is 13.6. The lowest BCUT2D eigenvalue weighted by Crippen LogP contribution is -2.68. The number of Topliss-reactive ketones (excluding diaryl/α,β-unsaturated/α-hetero) is 1. The Labute approximate surface area is 198 Å². The van der Waals surface area contributed by atoms with Crippen molar-refractivity contribution in [2.45, 2.75) is 43.8 Å². The molecule has 0 saturated carbocycles. The molecule has 8 nitrogen and oxygen atoms in total. The topological polar surface area (TPSA) is 85.4 Å². The summed E-state index contributed by atoms with van der Waals surface area (Å²) < 4.78 is 16.3. The maximum atomic E-state index is 13.6. The third-order valence-electron chi connectivity index (χ3n) is 7.29. The van der Waals surface area contributed by atoms with E-state index in [1.165, 1.54) is 0 Å². The molecule has 8 heteroatoms. The number of piperazine rings is 1. The van der Waals surface area contributed by atoms with Crippen molar-refractivity contribution in [2.75, 3.05) is 27.9 Å². The lowest BCUT2D eigenvalue weighted by Gasteiger charge is -2.55. The minimum absolute atomic E-state index is 0.0969. The number of ether oxygens (including phenoxy) is 3. The molecule has 0 spiro atoms. The second-order valence-corrected chi connectivity index (χ2v) is 8.91. The second-order valence-electron chi connectivity index (χ2n) is 8.91. The molecule has 34 heavy (non-hydrogen) atoms. The molecule has 0 N–H and O–H groups in total. The summed E-state index contributed by atoms with van der Waals surface area (Å²) in [7, 11) is 4.75. The molecule has 3 aliphatic heterocycles. The average Bonchev–Trinajstić information content (AvgIpc) is 2.89. The second kappa shape index (κ2) is 8.66. The molecule has 2 aromatic carbocycles. The Morgan fingerprint density at radius 2 is 1.68 bits per heavy atom. The molecular formula is C26H28N2O6. The van der Waals surface area contributed by atoms with E-state index in [-0.39, 0.29) is 23.6 Å². The predicted molar refractivity (Wildman–Crippen MR) is 123 cm³/mol. The highest BCUT2D eigenvalue weighted by Crippen LogP contribution is 2.48. The van der Waals surface area contributed by atoms with E-state index in [1.54, 1.807) is 50.5 Å². The zero-order valence-corrected chi connectivity index (χ0v) is 19.6. The molecule has 0 aromatic heterocycles. The molecule has 2 saturated heterocycles. The van der Waals surface area contributed by atoms with Gasteiger partial charge >= 0.3 is 0 Å². The van der Waals surface area contributed by atoms with Gasteiger partial charge in [-0.15, -0.1) is 0 Å². The number of hydrogen-bond acceptors (Lipinski definition) is 6. The summed E-state index contributed by atoms with van der Waals surface area (Å²) in [4.78, 5) is 43.8. The van der Waals surface area contributed by atoms with Crippen LogP contribution < -0.4 is 14.2 Å². The average molecular weight is 465 g/mol. The number of ketones is 1. The summed E-state index contributed by atoms with van der Waals surface area (Å²) in [6.45, 7) is 0.564. The van der Waals surface area contributed by atoms with Gasteiger partial charge in [0.05, 0.1) is 33.4 Å². The number of carbonyl (C=O) groups excluding carboxylic acids is 3. The fourth-order valence-corrected chi connectivity index (χ4v) is 5.72. The lowest BCUT2D eigenvalue weighted by atomic mass is 9.78. The molecular weight excluding hydrogens is 436 g/mol. The Balaban J connectivity index is 1.55. The summed E-state index contributed by atoms with van der Waals surface area (Å²) >= 11 is 0. The van der Waals surface area contributed by atoms with Crippen LogP contribution in [0.5, 0.6) is 17.2 Å². The van der Waals surface area contributed by atoms with Gasteiger partial charge in [-0.1, -0.05) is 0 Å². The van der Waals surface area contributed by atoms with Gasteiger partial charge in [0.25, 0.3) is 5.91 Å². The zero-order chi connectivity index (χ0) is 24.0. The van der Waals surface area contributed by atoms with Crippen molar-refractivity contribution in [2.24, 2.45) is 0 Å². The van der Waals surface area contributed by atoms with Crippen LogP contribution in [0.4, 0.5) is 0 Å². The van der Waals surface area contributed by atoms with Crippen molar-refractivity contribution < 1.29 is 28.6 Å². The van der Waals surface area contributed by atoms with Crippen LogP contribution in [0.3, 0.4) is 0 Å². The molecule has 2 fully saturated rings. The molecule has 2 amide bonds. The van der Waals surface area contributed by atoms with Gasteiger partial charge in [0.2, 0.25) is 11.7 Å². The maximum Gasteiger partial charge on any atom is 0.295 e. The van der Waals surface area contributed by atoms with Gasteiger partial charge in [0, 0.05) is 23.7 Å². The van der Waals surface area contributed by atoms with Gasteiger partial charge < -0.3 is 24.0 Å². The van der Waals surface area contributed by atoms with Gasteiger partial charge in [-0.2, -0.15) is 0 Å². The fraction of sp³-hybridized carbons (Fsp3) is 0.423. The predicted octanol–water partition coefficient (Wildman–Crippen LogP) is 2.78. The van der Waals surface area contributed by atoms with Crippen molar-refractivity contribution in [1.82, 2.24) is 9.80 Å². The van der Waals surface area contributed by atoms with E-state index in [4.69, 9.17) is 14.2 Å². The van der Waals surface area contributed by atoms with Crippen LogP contribution in [-0.4, -0.2) is 67.4 Å². The number of benzene rings is 2. The number of fused-ring (bicyclic) bond motifs is 6. The summed E-state index contributed by atoms with van der Waals surface area (Å²) in [5.74, 6) is 0.586. The minimum atomic E-state index is -0.632. The Bertz CT molecular complexity index is 1130. The summed E-state index contributed by atoms with van der Waals surface area (Å²) in [6, 6.07) is 8.99. The quantitative estimate of drug-likeness (QED) is 0.500. The van der Waals surface area contributed by atoms with Gasteiger partial charge in [-0.3, -0.25) is 14.4 Å². The number of rotatable bonds is 5. The van der Waals surface area contributed by atoms with E-state index in [9.17, 15) is 14.4 Å². The number of nitrogens with zero attached hydrogens (tertiary/aromatic N) is 2. The molecule has 178 valence electrons. The Morgan fingerprint density at radius 3 is 2.35 bits per heavy atom. The monoisotopic (exact) mass is 464 g/mol. The van der Waals surface area contributed by atoms with Crippen LogP contribution in [0.2, 0.25) is 0 Å². The van der Waals surface area contributed by atoms with Crippen molar-refractivity contribution in [3.05, 3.63) is 53.1 Å². The molecule has 2 aromatic rings. The SMILES string of the molecule is COc1ccc(C(=O)C(=O)N2[C@@H]3CCC[C@H]2C(=O)N2CCc4cc(OC)cc(OC)c4C32)cc1. The largest absolute Gasteiger partial charge is 0.497 e. The molecule has 1 unspecified atom stereocenters. The molecule has 3 aliphatic rings. The minimum Gasteiger partial charge on any atom is -0.497 e. The van der Waals surface area contributed by atoms with Crippen LogP contribution >= 0.6 is 0 Å². The first-order valence-corrected chi connectivity index (χ1v) is 11.5. The number of amides is 2. The lowest BCUT2D eigenvalue weighted by molar-refractivity contribution is -0.164. The molecule has 0 radical (unpaired) electrons. The first kappa shape index (κ1) is 22.3. The fourth-order valence-electron chi connectivity index (χ4n) is 5.72. The van der Waals surface area contributed by atoms with E-state index in [1.807, 2.05) is 17.0 Å². The van der Waals surface area contributed by atoms with Gasteiger partial charge in [-0.05, 0) is 61.6 Å². The van der Waals surface area contributed by atoms with E-state index < -0.39 is 17.7 Å². The van der Waals surface area contributed by atoms with E-state index in [0.717, 1.165) is 17.5 Å². The van der Waals surface area contributed by atoms with Crippen LogP contribution in [-0.2, 0) is 16.0 Å². The van der Waals surface area contributed by atoms with Crippen LogP contribution in [0.15, 0.2) is 36.4 Å². The summed E-state index contributed by atoms with van der Waals surface area (Å²) in [5, 5.41) is 0. The Hall–Kier alpha value is -3.55. The number of hydrogen-bond donors (Lipinski definition) is 0. The van der Waals surface area contributed by atoms with Crippen LogP contribution in [0.1, 0.15) is 46.8 Å². The normalized spacial score (nSPS) is 23.0. The van der Waals surface area contributed by atoms with Crippen molar-refractivity contribution in [3.63, 3.8) is 0 Å². The summed E-state index contributed by atoms with van der Waals surface area (Å²) in [6.07, 6.45) is 2.77. The van der Waals surface area contributed by atoms with Gasteiger partial charge in [-0.25, -0.2) is 0 Å². The van der Waals surface area contributed by atoms with Crippen LogP contribution in [0.25, 0.3) is 0 Å². The van der Waals surface area contributed by atoms with E-state index >= 15 is 0 Å². The highest BCUT2D eigenvalue weighted by molar-refractivity contribution is 6.43. The standard InChI is InChI=1S/C26H28N2O6/c1-32-17-9-7-15(8-10-17)24(29)26(31)28-19-5-4-6-20(28)25(30)27-12-11-16-13-18(33-2)14-21(34-3)22(16)23(19)27/h7-10,13-14,19-20,23H,4-6,11-12H2,1-3H3/t19-,20+,23?/m1/s1. The van der Waals surface area contributed by atoms with Crippen LogP contribution in [0, 0.1) is 0 Å². The van der Waals surface area contributed by atoms with E-state index in [0.29, 0.717) is 43.1 Å². The first-order chi connectivity index (χ1) is 16.5. The van der Waals surface area contributed by atoms with Crippen molar-refractivity contribution >= 4 is 17.6 Å². The molecule has 3 heterocycles. The van der Waals surface area contributed by atoms with Gasteiger partial charge in [0.15, 0.2) is 0 Å². The Morgan fingerprint density at radius 1 is 0.941 bits per heavy atom. The van der Waals surface area contributed by atoms with E-state index in [2.05, 4.69) is 0 Å². The Kier molecular flexibility index (Phi) is 5.67. The van der Waals surface area contributed by atoms with Crippen molar-refractivity contribution in [1.29, 1.82) is 0 Å². The first-order valence-electron chi connectivity index (χ1n) is 11.5. The smallest absolute Gasteiger partial charge is 0.295 e. The zero-order valence-electron chi connectivity index (χ0n) is 19.6. The molecule has 5 rings (SSSR count). The molecule has 0 aliphatic carbocycles. The number of carbonyl (C=O) groups is 3. The molecule has 2 bridgehead atoms. The highest BCUT2D eigenvalue weighted by Gasteiger charge is 2.54. The number of piperidine rings is 1.